The molecule has 3 aliphatic rings. The zero-order valence-corrected chi connectivity index (χ0v) is 21.0. The van der Waals surface area contributed by atoms with Crippen LogP contribution in [0.2, 0.25) is 0 Å². The van der Waals surface area contributed by atoms with E-state index in [0.29, 0.717) is 12.0 Å². The molecule has 0 bridgehead atoms. The Morgan fingerprint density at radius 1 is 1.30 bits per heavy atom. The molecule has 8 heteroatoms. The lowest BCUT2D eigenvalue weighted by Crippen LogP contribution is -2.54. The van der Waals surface area contributed by atoms with Crippen molar-refractivity contribution >= 4 is 21.4 Å². The number of rotatable bonds is 6. The fraction of sp³-hybridized carbons (Fsp3) is 0.600. The van der Waals surface area contributed by atoms with Gasteiger partial charge in [-0.1, -0.05) is 19.1 Å². The van der Waals surface area contributed by atoms with Crippen LogP contribution in [0.1, 0.15) is 54.8 Å². The molecule has 1 spiro atoms. The summed E-state index contributed by atoms with van der Waals surface area (Å²) in [6, 6.07) is 8.23. The summed E-state index contributed by atoms with van der Waals surface area (Å²) in [6.45, 7) is 7.31. The highest BCUT2D eigenvalue weighted by Gasteiger charge is 2.45. The van der Waals surface area contributed by atoms with Crippen molar-refractivity contribution in [3.8, 4) is 0 Å². The molecule has 0 amide bonds. The number of piperidine rings is 1. The number of sulfonamides is 1. The molecule has 1 aliphatic carbocycles. The van der Waals surface area contributed by atoms with Crippen LogP contribution in [-0.4, -0.2) is 45.1 Å². The maximum atomic E-state index is 13.9. The van der Waals surface area contributed by atoms with Gasteiger partial charge in [-0.15, -0.1) is 11.3 Å². The molecule has 1 aromatic carbocycles. The molecule has 1 saturated carbocycles. The van der Waals surface area contributed by atoms with Crippen LogP contribution in [0.25, 0.3) is 0 Å². The van der Waals surface area contributed by atoms with E-state index in [1.165, 1.54) is 33.5 Å². The predicted molar refractivity (Wildman–Crippen MR) is 129 cm³/mol. The number of hydrogen-bond donors (Lipinski definition) is 1. The Kier molecular flexibility index (Phi) is 6.42. The van der Waals surface area contributed by atoms with Gasteiger partial charge in [0.2, 0.25) is 10.0 Å². The van der Waals surface area contributed by atoms with Crippen molar-refractivity contribution in [1.82, 2.24) is 9.62 Å². The number of likely N-dealkylation sites (tertiary alicyclic amines) is 1. The topological polar surface area (TPSA) is 58.6 Å². The lowest BCUT2D eigenvalue weighted by molar-refractivity contribution is -0.114. The highest BCUT2D eigenvalue weighted by molar-refractivity contribution is 7.89. The van der Waals surface area contributed by atoms with Gasteiger partial charge < -0.3 is 9.64 Å². The first kappa shape index (κ1) is 23.4. The van der Waals surface area contributed by atoms with Crippen molar-refractivity contribution in [2.45, 2.75) is 75.0 Å². The predicted octanol–water partition coefficient (Wildman–Crippen LogP) is 4.46. The molecule has 0 radical (unpaired) electrons. The van der Waals surface area contributed by atoms with Crippen LogP contribution in [0.3, 0.4) is 0 Å². The second kappa shape index (κ2) is 9.04. The smallest absolute Gasteiger partial charge is 0.243 e. The fourth-order valence-electron chi connectivity index (χ4n) is 5.80. The summed E-state index contributed by atoms with van der Waals surface area (Å²) in [5.41, 5.74) is 1.30. The molecule has 180 valence electrons. The summed E-state index contributed by atoms with van der Waals surface area (Å²) in [7, 11) is -3.82. The number of fused-ring (bicyclic) bond motifs is 2. The first-order valence-corrected chi connectivity index (χ1v) is 14.4. The van der Waals surface area contributed by atoms with Crippen molar-refractivity contribution in [2.24, 2.45) is 5.92 Å². The van der Waals surface area contributed by atoms with E-state index < -0.39 is 15.8 Å². The highest BCUT2D eigenvalue weighted by atomic mass is 32.2. The molecule has 1 saturated heterocycles. The Hall–Kier alpha value is -1.32. The van der Waals surface area contributed by atoms with Crippen LogP contribution in [-0.2, 0) is 33.2 Å². The van der Waals surface area contributed by atoms with Crippen LogP contribution in [0.5, 0.6) is 0 Å². The maximum absolute atomic E-state index is 13.9. The van der Waals surface area contributed by atoms with Crippen molar-refractivity contribution in [3.05, 3.63) is 51.5 Å². The molecule has 2 aliphatic heterocycles. The van der Waals surface area contributed by atoms with Gasteiger partial charge in [-0.25, -0.2) is 17.5 Å². The number of aryl methyl sites for hydroxylation is 1. The van der Waals surface area contributed by atoms with Crippen molar-refractivity contribution in [1.29, 1.82) is 0 Å². The average Bonchev–Trinajstić information content (AvgIpc) is 3.19. The summed E-state index contributed by atoms with van der Waals surface area (Å²) < 4.78 is 48.1. The number of benzene rings is 1. The minimum absolute atomic E-state index is 0.117. The van der Waals surface area contributed by atoms with E-state index in [4.69, 9.17) is 4.74 Å². The van der Waals surface area contributed by atoms with Gasteiger partial charge in [0, 0.05) is 41.3 Å². The molecule has 3 heterocycles. The third kappa shape index (κ3) is 4.52. The van der Waals surface area contributed by atoms with Crippen LogP contribution >= 0.6 is 11.3 Å². The first-order chi connectivity index (χ1) is 15.8. The summed E-state index contributed by atoms with van der Waals surface area (Å²) in [5, 5.41) is 0. The van der Waals surface area contributed by atoms with Gasteiger partial charge in [-0.05, 0) is 68.7 Å². The van der Waals surface area contributed by atoms with Crippen molar-refractivity contribution < 1.29 is 17.5 Å². The molecule has 2 aromatic rings. The molecule has 33 heavy (non-hydrogen) atoms. The van der Waals surface area contributed by atoms with Gasteiger partial charge >= 0.3 is 0 Å². The van der Waals surface area contributed by atoms with Crippen LogP contribution < -0.4 is 4.72 Å². The quantitative estimate of drug-likeness (QED) is 0.647. The monoisotopic (exact) mass is 492 g/mol. The molecule has 1 N–H and O–H groups in total. The summed E-state index contributed by atoms with van der Waals surface area (Å²) >= 11 is 1.96. The summed E-state index contributed by atoms with van der Waals surface area (Å²) in [6.07, 6.45) is 5.74. The van der Waals surface area contributed by atoms with E-state index in [9.17, 15) is 12.8 Å². The second-order valence-corrected chi connectivity index (χ2v) is 12.8. The summed E-state index contributed by atoms with van der Waals surface area (Å²) in [4.78, 5) is 5.25. The van der Waals surface area contributed by atoms with E-state index in [1.54, 1.807) is 6.07 Å². The number of nitrogens with zero attached hydrogens (tertiary/aromatic N) is 1. The number of ether oxygens (including phenoxy) is 1. The van der Waals surface area contributed by atoms with Crippen molar-refractivity contribution in [3.63, 3.8) is 0 Å². The molecular formula is C25H33FN2O3S2. The fourth-order valence-corrected chi connectivity index (χ4v) is 8.32. The third-order valence-electron chi connectivity index (χ3n) is 7.63. The SMILES string of the molecule is CCc1cc2c(s1)CCO[C@@]21CCN(CC2CC(NS(=O)(=O)c3ccccc3F)C2)[C@@H](C)C1. The highest BCUT2D eigenvalue weighted by Crippen LogP contribution is 2.46. The lowest BCUT2D eigenvalue weighted by Gasteiger charge is -2.49. The normalized spacial score (nSPS) is 30.2. The van der Waals surface area contributed by atoms with E-state index in [1.807, 2.05) is 11.3 Å². The van der Waals surface area contributed by atoms with Gasteiger partial charge in [-0.3, -0.25) is 0 Å². The van der Waals surface area contributed by atoms with Crippen LogP contribution in [0.15, 0.2) is 35.2 Å². The largest absolute Gasteiger partial charge is 0.370 e. The minimum Gasteiger partial charge on any atom is -0.370 e. The molecule has 2 atom stereocenters. The minimum atomic E-state index is -3.82. The Bertz CT molecular complexity index is 1110. The van der Waals surface area contributed by atoms with E-state index >= 15 is 0 Å². The van der Waals surface area contributed by atoms with Gasteiger partial charge in [-0.2, -0.15) is 0 Å². The average molecular weight is 493 g/mol. The van der Waals surface area contributed by atoms with E-state index in [2.05, 4.69) is 29.5 Å². The number of halogens is 1. The molecule has 0 unspecified atom stereocenters. The van der Waals surface area contributed by atoms with Crippen LogP contribution in [0.4, 0.5) is 4.39 Å². The molecule has 1 aromatic heterocycles. The third-order valence-corrected chi connectivity index (χ3v) is 10.5. The van der Waals surface area contributed by atoms with E-state index in [0.717, 1.165) is 58.2 Å². The zero-order chi connectivity index (χ0) is 23.2. The summed E-state index contributed by atoms with van der Waals surface area (Å²) in [5.74, 6) is -0.243. The Morgan fingerprint density at radius 3 is 2.82 bits per heavy atom. The van der Waals surface area contributed by atoms with Gasteiger partial charge in [0.1, 0.15) is 10.7 Å². The van der Waals surface area contributed by atoms with Crippen molar-refractivity contribution in [2.75, 3.05) is 19.7 Å². The second-order valence-electron chi connectivity index (χ2n) is 9.88. The molecule has 2 fully saturated rings. The Balaban J connectivity index is 1.16. The maximum Gasteiger partial charge on any atom is 0.243 e. The first-order valence-electron chi connectivity index (χ1n) is 12.1. The number of hydrogen-bond acceptors (Lipinski definition) is 5. The molecule has 5 nitrogen and oxygen atoms in total. The lowest BCUT2D eigenvalue weighted by atomic mass is 9.77. The standard InChI is InChI=1S/C25H33FN2O3S2/c1-3-20-14-21-23(32-20)8-11-31-25(21)9-10-28(17(2)15-25)16-18-12-19(13-18)27-33(29,30)24-7-5-4-6-22(24)26/h4-7,14,17-19,27H,3,8-13,15-16H2,1-2H3/t17-,18?,19?,25+/m0/s1. The Morgan fingerprint density at radius 2 is 2.09 bits per heavy atom. The number of nitrogens with one attached hydrogen (secondary N) is 1. The van der Waals surface area contributed by atoms with Gasteiger partial charge in [0.15, 0.2) is 0 Å². The molecular weight excluding hydrogens is 459 g/mol. The van der Waals surface area contributed by atoms with Crippen LogP contribution in [0, 0.1) is 11.7 Å². The van der Waals surface area contributed by atoms with Gasteiger partial charge in [0.25, 0.3) is 0 Å². The zero-order valence-electron chi connectivity index (χ0n) is 19.3. The van der Waals surface area contributed by atoms with E-state index in [-0.39, 0.29) is 16.5 Å². The number of thiophene rings is 1. The molecule has 5 rings (SSSR count). The Labute approximate surface area is 200 Å². The van der Waals surface area contributed by atoms with Gasteiger partial charge in [0.05, 0.1) is 12.2 Å².